The molecule has 0 radical (unpaired) electrons. The van der Waals surface area contributed by atoms with E-state index in [-0.39, 0.29) is 0 Å². The molecule has 0 N–H and O–H groups in total. The van der Waals surface area contributed by atoms with Crippen molar-refractivity contribution in [3.05, 3.63) is 22.9 Å². The van der Waals surface area contributed by atoms with Crippen LogP contribution >= 0.6 is 11.6 Å². The third kappa shape index (κ3) is 3.38. The second-order valence-electron chi connectivity index (χ2n) is 2.56. The number of hydrogen-bond donors (Lipinski definition) is 0. The zero-order valence-corrected chi connectivity index (χ0v) is 8.02. The van der Waals surface area contributed by atoms with Crippen LogP contribution in [0.15, 0.2) is 27.9 Å². The molecule has 1 nitrogen and oxygen atoms in total. The number of aliphatic imine (C=N–C) groups is 1. The fourth-order valence-electron chi connectivity index (χ4n) is 0.770. The molecule has 0 aliphatic rings. The minimum Gasteiger partial charge on any atom is -0.252 e. The van der Waals surface area contributed by atoms with E-state index >= 15 is 0 Å². The summed E-state index contributed by atoms with van der Waals surface area (Å²) < 4.78 is 0. The molecular formula is C9H14ClN. The molecule has 0 aromatic rings. The molecule has 0 amide bonds. The molecule has 0 aliphatic heterocycles. The lowest BCUT2D eigenvalue weighted by atomic mass is 10.0. The van der Waals surface area contributed by atoms with Crippen molar-refractivity contribution >= 4 is 18.3 Å². The third-order valence-corrected chi connectivity index (χ3v) is 1.68. The summed E-state index contributed by atoms with van der Waals surface area (Å²) in [5, 5.41) is 0.498. The van der Waals surface area contributed by atoms with Gasteiger partial charge in [0.15, 0.2) is 0 Å². The summed E-state index contributed by atoms with van der Waals surface area (Å²) in [4.78, 5) is 3.67. The van der Waals surface area contributed by atoms with E-state index in [4.69, 9.17) is 11.6 Å². The number of hydrogen-bond acceptors (Lipinski definition) is 1. The van der Waals surface area contributed by atoms with Crippen molar-refractivity contribution in [3.63, 3.8) is 0 Å². The van der Waals surface area contributed by atoms with Crippen molar-refractivity contribution in [2.75, 3.05) is 0 Å². The highest BCUT2D eigenvalue weighted by Gasteiger charge is 2.03. The van der Waals surface area contributed by atoms with Crippen LogP contribution in [0.4, 0.5) is 0 Å². The van der Waals surface area contributed by atoms with Gasteiger partial charge in [-0.25, -0.2) is 0 Å². The van der Waals surface area contributed by atoms with E-state index in [9.17, 15) is 0 Å². The zero-order valence-electron chi connectivity index (χ0n) is 7.26. The van der Waals surface area contributed by atoms with Crippen molar-refractivity contribution in [3.8, 4) is 0 Å². The Bertz CT molecular complexity index is 190. The molecule has 0 fully saturated rings. The fraction of sp³-hybridized carbons (Fsp3) is 0.444. The zero-order chi connectivity index (χ0) is 8.85. The second kappa shape index (κ2) is 5.14. The summed E-state index contributed by atoms with van der Waals surface area (Å²) in [5.74, 6) is 0.393. The van der Waals surface area contributed by atoms with E-state index in [0.29, 0.717) is 11.1 Å². The lowest BCUT2D eigenvalue weighted by Gasteiger charge is -2.05. The van der Waals surface area contributed by atoms with Gasteiger partial charge in [-0.3, -0.25) is 4.99 Å². The highest BCUT2D eigenvalue weighted by Crippen LogP contribution is 2.19. The minimum atomic E-state index is 0.393. The fourth-order valence-corrected chi connectivity index (χ4v) is 1.05. The predicted octanol–water partition coefficient (Wildman–Crippen LogP) is 3.37. The molecule has 0 spiro atoms. The monoisotopic (exact) mass is 171 g/mol. The molecule has 0 saturated heterocycles. The Kier molecular flexibility index (Phi) is 4.88. The van der Waals surface area contributed by atoms with Gasteiger partial charge in [-0.2, -0.15) is 0 Å². The van der Waals surface area contributed by atoms with Gasteiger partial charge in [-0.05, 0) is 25.1 Å². The second-order valence-corrected chi connectivity index (χ2v) is 2.92. The largest absolute Gasteiger partial charge is 0.252 e. The first kappa shape index (κ1) is 10.4. The average molecular weight is 172 g/mol. The summed E-state index contributed by atoms with van der Waals surface area (Å²) in [6, 6.07) is 0. The first-order valence-corrected chi connectivity index (χ1v) is 4.00. The molecule has 0 rings (SSSR count). The van der Waals surface area contributed by atoms with Crippen LogP contribution in [0.3, 0.4) is 0 Å². The van der Waals surface area contributed by atoms with Gasteiger partial charge < -0.3 is 0 Å². The SMILES string of the molecule is C=N/C(Cl)=C(\C=C/C)C(C)C. The minimum absolute atomic E-state index is 0.393. The van der Waals surface area contributed by atoms with Gasteiger partial charge in [0.2, 0.25) is 0 Å². The van der Waals surface area contributed by atoms with Crippen LogP contribution < -0.4 is 0 Å². The Labute approximate surface area is 73.5 Å². The Morgan fingerprint density at radius 1 is 1.55 bits per heavy atom. The Morgan fingerprint density at radius 2 is 2.09 bits per heavy atom. The molecule has 0 saturated carbocycles. The van der Waals surface area contributed by atoms with Gasteiger partial charge in [-0.1, -0.05) is 37.6 Å². The van der Waals surface area contributed by atoms with Gasteiger partial charge in [0.1, 0.15) is 5.16 Å². The van der Waals surface area contributed by atoms with E-state index in [1.54, 1.807) is 0 Å². The third-order valence-electron chi connectivity index (χ3n) is 1.35. The van der Waals surface area contributed by atoms with Crippen LogP contribution in [0, 0.1) is 5.92 Å². The summed E-state index contributed by atoms with van der Waals surface area (Å²) in [7, 11) is 0. The topological polar surface area (TPSA) is 12.4 Å². The van der Waals surface area contributed by atoms with Gasteiger partial charge in [0.05, 0.1) is 0 Å². The van der Waals surface area contributed by atoms with Crippen molar-refractivity contribution in [2.24, 2.45) is 10.9 Å². The molecule has 11 heavy (non-hydrogen) atoms. The Morgan fingerprint density at radius 3 is 2.36 bits per heavy atom. The highest BCUT2D eigenvalue weighted by molar-refractivity contribution is 6.30. The maximum Gasteiger partial charge on any atom is 0.131 e. The van der Waals surface area contributed by atoms with E-state index < -0.39 is 0 Å². The molecule has 0 bridgehead atoms. The van der Waals surface area contributed by atoms with Crippen LogP contribution in [0.2, 0.25) is 0 Å². The summed E-state index contributed by atoms with van der Waals surface area (Å²) in [5.41, 5.74) is 1.03. The molecule has 62 valence electrons. The average Bonchev–Trinajstić information content (AvgIpc) is 1.98. The van der Waals surface area contributed by atoms with Crippen molar-refractivity contribution in [1.29, 1.82) is 0 Å². The van der Waals surface area contributed by atoms with Crippen LogP contribution in [0.5, 0.6) is 0 Å². The van der Waals surface area contributed by atoms with Gasteiger partial charge in [0, 0.05) is 0 Å². The molecule has 0 aliphatic carbocycles. The van der Waals surface area contributed by atoms with Crippen LogP contribution in [-0.2, 0) is 0 Å². The molecule has 0 heterocycles. The van der Waals surface area contributed by atoms with Gasteiger partial charge >= 0.3 is 0 Å². The molecule has 0 unspecified atom stereocenters. The van der Waals surface area contributed by atoms with Crippen LogP contribution in [0.1, 0.15) is 20.8 Å². The number of allylic oxidation sites excluding steroid dienone is 3. The van der Waals surface area contributed by atoms with Crippen LogP contribution in [0.25, 0.3) is 0 Å². The maximum atomic E-state index is 5.80. The standard InChI is InChI=1S/C9H14ClN/c1-5-6-8(7(2)3)9(10)11-4/h5-7H,4H2,1-3H3/b6-5-,9-8+. The summed E-state index contributed by atoms with van der Waals surface area (Å²) in [6.45, 7) is 9.47. The Hall–Kier alpha value is -0.560. The van der Waals surface area contributed by atoms with Crippen molar-refractivity contribution in [1.82, 2.24) is 0 Å². The molecular weight excluding hydrogens is 158 g/mol. The predicted molar refractivity (Wildman–Crippen MR) is 52.1 cm³/mol. The van der Waals surface area contributed by atoms with Gasteiger partial charge in [-0.15, -0.1) is 0 Å². The van der Waals surface area contributed by atoms with E-state index in [1.807, 2.05) is 19.1 Å². The lowest BCUT2D eigenvalue weighted by Crippen LogP contribution is -1.91. The normalized spacial score (nSPS) is 13.9. The first-order chi connectivity index (χ1) is 5.13. The Balaban J connectivity index is 4.71. The molecule has 2 heteroatoms. The molecule has 0 aromatic carbocycles. The van der Waals surface area contributed by atoms with E-state index in [1.165, 1.54) is 0 Å². The van der Waals surface area contributed by atoms with Crippen molar-refractivity contribution < 1.29 is 0 Å². The highest BCUT2D eigenvalue weighted by atomic mass is 35.5. The first-order valence-electron chi connectivity index (χ1n) is 3.62. The maximum absolute atomic E-state index is 5.80. The van der Waals surface area contributed by atoms with Gasteiger partial charge in [0.25, 0.3) is 0 Å². The summed E-state index contributed by atoms with van der Waals surface area (Å²) in [6.07, 6.45) is 3.91. The molecule has 0 atom stereocenters. The number of halogens is 1. The van der Waals surface area contributed by atoms with Crippen molar-refractivity contribution in [2.45, 2.75) is 20.8 Å². The van der Waals surface area contributed by atoms with Crippen LogP contribution in [-0.4, -0.2) is 6.72 Å². The number of nitrogens with zero attached hydrogens (tertiary/aromatic N) is 1. The van der Waals surface area contributed by atoms with E-state index in [0.717, 1.165) is 5.57 Å². The quantitative estimate of drug-likeness (QED) is 0.351. The summed E-state index contributed by atoms with van der Waals surface area (Å²) >= 11 is 5.80. The lowest BCUT2D eigenvalue weighted by molar-refractivity contribution is 0.785. The van der Waals surface area contributed by atoms with E-state index in [2.05, 4.69) is 25.6 Å². The smallest absolute Gasteiger partial charge is 0.131 e. The molecule has 0 aromatic heterocycles. The number of rotatable bonds is 3.